The van der Waals surface area contributed by atoms with Crippen molar-refractivity contribution in [3.63, 3.8) is 0 Å². The predicted molar refractivity (Wildman–Crippen MR) is 48.9 cm³/mol. The Labute approximate surface area is 83.4 Å². The van der Waals surface area contributed by atoms with E-state index in [4.69, 9.17) is 11.6 Å². The Kier molecular flexibility index (Phi) is 2.93. The van der Waals surface area contributed by atoms with Crippen LogP contribution in [0.4, 0.5) is 5.69 Å². The van der Waals surface area contributed by atoms with E-state index < -0.39 is 10.6 Å². The molecule has 0 bridgehead atoms. The van der Waals surface area contributed by atoms with E-state index in [0.717, 1.165) is 12.1 Å². The Bertz CT molecular complexity index is 416. The van der Waals surface area contributed by atoms with E-state index in [1.54, 1.807) is 0 Å². The second kappa shape index (κ2) is 3.97. The molecule has 6 heteroatoms. The van der Waals surface area contributed by atoms with E-state index in [9.17, 15) is 19.7 Å². The summed E-state index contributed by atoms with van der Waals surface area (Å²) in [6, 6.07) is 2.06. The van der Waals surface area contributed by atoms with E-state index in [2.05, 4.69) is 0 Å². The predicted octanol–water partition coefficient (Wildman–Crippen LogP) is 1.87. The zero-order valence-electron chi connectivity index (χ0n) is 6.77. The SMILES string of the molecule is O=Cc1cc(C=O)c([N+](=O)[O-])cc1Cl. The molecule has 0 fully saturated rings. The lowest BCUT2D eigenvalue weighted by Gasteiger charge is -1.98. The number of nitrogens with zero attached hydrogens (tertiary/aromatic N) is 1. The fraction of sp³-hybridized carbons (Fsp3) is 0. The number of aldehydes is 2. The van der Waals surface area contributed by atoms with Crippen molar-refractivity contribution in [1.29, 1.82) is 0 Å². The van der Waals surface area contributed by atoms with Crippen molar-refractivity contribution in [2.45, 2.75) is 0 Å². The molecule has 0 amide bonds. The van der Waals surface area contributed by atoms with Crippen molar-refractivity contribution in [3.8, 4) is 0 Å². The second-order valence-electron chi connectivity index (χ2n) is 2.43. The van der Waals surface area contributed by atoms with Crippen LogP contribution in [0.3, 0.4) is 0 Å². The highest BCUT2D eigenvalue weighted by Crippen LogP contribution is 2.24. The molecule has 1 aromatic carbocycles. The minimum absolute atomic E-state index is 0.0442. The summed E-state index contributed by atoms with van der Waals surface area (Å²) in [6.45, 7) is 0. The molecule has 0 heterocycles. The van der Waals surface area contributed by atoms with E-state index in [0.29, 0.717) is 12.6 Å². The molecule has 0 aromatic heterocycles. The van der Waals surface area contributed by atoms with Crippen molar-refractivity contribution < 1.29 is 14.5 Å². The highest BCUT2D eigenvalue weighted by atomic mass is 35.5. The lowest BCUT2D eigenvalue weighted by Crippen LogP contribution is -1.96. The molecule has 0 saturated heterocycles. The van der Waals surface area contributed by atoms with Crippen LogP contribution in [0.25, 0.3) is 0 Å². The van der Waals surface area contributed by atoms with Gasteiger partial charge in [-0.25, -0.2) is 0 Å². The molecule has 1 aromatic rings. The van der Waals surface area contributed by atoms with Crippen molar-refractivity contribution >= 4 is 29.9 Å². The van der Waals surface area contributed by atoms with Crippen LogP contribution in [-0.4, -0.2) is 17.5 Å². The van der Waals surface area contributed by atoms with Gasteiger partial charge in [0, 0.05) is 11.6 Å². The number of hydrogen-bond donors (Lipinski definition) is 0. The number of benzene rings is 1. The Morgan fingerprint density at radius 2 is 1.79 bits per heavy atom. The minimum Gasteiger partial charge on any atom is -0.298 e. The van der Waals surface area contributed by atoms with Gasteiger partial charge in [0.25, 0.3) is 5.69 Å². The lowest BCUT2D eigenvalue weighted by molar-refractivity contribution is -0.385. The number of hydrogen-bond acceptors (Lipinski definition) is 4. The van der Waals surface area contributed by atoms with Crippen LogP contribution in [-0.2, 0) is 0 Å². The van der Waals surface area contributed by atoms with Crippen LogP contribution in [0.5, 0.6) is 0 Å². The van der Waals surface area contributed by atoms with Crippen LogP contribution in [0, 0.1) is 10.1 Å². The van der Waals surface area contributed by atoms with Crippen molar-refractivity contribution in [2.24, 2.45) is 0 Å². The molecule has 0 aliphatic rings. The average molecular weight is 214 g/mol. The smallest absolute Gasteiger partial charge is 0.281 e. The van der Waals surface area contributed by atoms with Crippen LogP contribution in [0.2, 0.25) is 5.02 Å². The Hall–Kier alpha value is -1.75. The largest absolute Gasteiger partial charge is 0.298 e. The van der Waals surface area contributed by atoms with Crippen molar-refractivity contribution in [1.82, 2.24) is 0 Å². The first-order chi connectivity index (χ1) is 6.60. The number of carbonyl (C=O) groups excluding carboxylic acids is 2. The maximum Gasteiger partial charge on any atom is 0.281 e. The van der Waals surface area contributed by atoms with Gasteiger partial charge in [0.05, 0.1) is 15.5 Å². The fourth-order valence-electron chi connectivity index (χ4n) is 0.940. The van der Waals surface area contributed by atoms with Gasteiger partial charge in [-0.2, -0.15) is 0 Å². The average Bonchev–Trinajstić information content (AvgIpc) is 2.17. The van der Waals surface area contributed by atoms with Crippen molar-refractivity contribution in [3.05, 3.63) is 38.4 Å². The van der Waals surface area contributed by atoms with Gasteiger partial charge in [0.15, 0.2) is 12.6 Å². The molecule has 0 aliphatic heterocycles. The highest BCUT2D eigenvalue weighted by molar-refractivity contribution is 6.33. The van der Waals surface area contributed by atoms with Gasteiger partial charge in [-0.3, -0.25) is 19.7 Å². The van der Waals surface area contributed by atoms with E-state index >= 15 is 0 Å². The summed E-state index contributed by atoms with van der Waals surface area (Å²) in [4.78, 5) is 30.6. The summed E-state index contributed by atoms with van der Waals surface area (Å²) in [7, 11) is 0. The summed E-state index contributed by atoms with van der Waals surface area (Å²) in [5.41, 5.74) is -0.517. The first-order valence-electron chi connectivity index (χ1n) is 3.48. The molecule has 0 spiro atoms. The van der Waals surface area contributed by atoms with Gasteiger partial charge in [-0.15, -0.1) is 0 Å². The van der Waals surface area contributed by atoms with Gasteiger partial charge < -0.3 is 0 Å². The quantitative estimate of drug-likeness (QED) is 0.436. The zero-order chi connectivity index (χ0) is 10.7. The first kappa shape index (κ1) is 10.3. The Morgan fingerprint density at radius 1 is 1.21 bits per heavy atom. The van der Waals surface area contributed by atoms with Gasteiger partial charge in [-0.05, 0) is 6.07 Å². The minimum atomic E-state index is -0.732. The first-order valence-corrected chi connectivity index (χ1v) is 3.86. The number of carbonyl (C=O) groups is 2. The Morgan fingerprint density at radius 3 is 2.21 bits per heavy atom. The molecular weight excluding hydrogens is 210 g/mol. The molecular formula is C8H4ClNO4. The molecule has 0 aliphatic carbocycles. The van der Waals surface area contributed by atoms with Crippen LogP contribution >= 0.6 is 11.6 Å². The summed E-state index contributed by atoms with van der Waals surface area (Å²) < 4.78 is 0. The molecule has 0 N–H and O–H groups in total. The third-order valence-electron chi connectivity index (χ3n) is 1.60. The Balaban J connectivity index is 3.46. The van der Waals surface area contributed by atoms with Gasteiger partial charge in [0.2, 0.25) is 0 Å². The molecule has 14 heavy (non-hydrogen) atoms. The van der Waals surface area contributed by atoms with E-state index in [-0.39, 0.29) is 16.1 Å². The standard InChI is InChI=1S/C8H4ClNO4/c9-7-2-8(10(13)14)6(4-12)1-5(7)3-11/h1-4H. The van der Waals surface area contributed by atoms with E-state index in [1.165, 1.54) is 0 Å². The molecule has 0 saturated carbocycles. The molecule has 72 valence electrons. The number of halogens is 1. The second-order valence-corrected chi connectivity index (χ2v) is 2.83. The molecule has 0 unspecified atom stereocenters. The summed E-state index contributed by atoms with van der Waals surface area (Å²) in [5, 5.41) is 10.4. The zero-order valence-corrected chi connectivity index (χ0v) is 7.52. The summed E-state index contributed by atoms with van der Waals surface area (Å²) in [5.74, 6) is 0. The van der Waals surface area contributed by atoms with Gasteiger partial charge in [-0.1, -0.05) is 11.6 Å². The number of rotatable bonds is 3. The van der Waals surface area contributed by atoms with Crippen molar-refractivity contribution in [2.75, 3.05) is 0 Å². The van der Waals surface area contributed by atoms with Gasteiger partial charge >= 0.3 is 0 Å². The summed E-state index contributed by atoms with van der Waals surface area (Å²) in [6.07, 6.45) is 0.737. The van der Waals surface area contributed by atoms with Gasteiger partial charge in [0.1, 0.15) is 0 Å². The highest BCUT2D eigenvalue weighted by Gasteiger charge is 2.16. The molecule has 0 atom stereocenters. The topological polar surface area (TPSA) is 77.3 Å². The fourth-order valence-corrected chi connectivity index (χ4v) is 1.14. The normalized spacial score (nSPS) is 9.50. The number of nitro benzene ring substituents is 1. The van der Waals surface area contributed by atoms with Crippen LogP contribution in [0.15, 0.2) is 12.1 Å². The summed E-state index contributed by atoms with van der Waals surface area (Å²) >= 11 is 5.55. The third-order valence-corrected chi connectivity index (χ3v) is 1.92. The van der Waals surface area contributed by atoms with E-state index in [1.807, 2.05) is 0 Å². The number of nitro groups is 1. The maximum atomic E-state index is 10.4. The molecule has 1 rings (SSSR count). The third kappa shape index (κ3) is 1.77. The van der Waals surface area contributed by atoms with Crippen LogP contribution in [0.1, 0.15) is 20.7 Å². The molecule has 0 radical (unpaired) electrons. The monoisotopic (exact) mass is 213 g/mol. The maximum absolute atomic E-state index is 10.4. The molecule has 5 nitrogen and oxygen atoms in total. The van der Waals surface area contributed by atoms with Crippen LogP contribution < -0.4 is 0 Å². The lowest BCUT2D eigenvalue weighted by atomic mass is 10.1.